The van der Waals surface area contributed by atoms with E-state index in [4.69, 9.17) is 14.2 Å². The summed E-state index contributed by atoms with van der Waals surface area (Å²) in [6.07, 6.45) is 6.48. The lowest BCUT2D eigenvalue weighted by Gasteiger charge is -2.61. The highest BCUT2D eigenvalue weighted by Crippen LogP contribution is 2.62. The van der Waals surface area contributed by atoms with Crippen LogP contribution in [-0.2, 0) is 23.8 Å². The third-order valence-electron chi connectivity index (χ3n) is 5.51. The second-order valence-electron chi connectivity index (χ2n) is 7.52. The summed E-state index contributed by atoms with van der Waals surface area (Å²) in [6, 6.07) is 0. The molecule has 2 atom stereocenters. The summed E-state index contributed by atoms with van der Waals surface area (Å²) < 4.78 is 16.4. The van der Waals surface area contributed by atoms with Crippen molar-refractivity contribution in [3.05, 3.63) is 0 Å². The van der Waals surface area contributed by atoms with Gasteiger partial charge in [-0.2, -0.15) is 0 Å². The fourth-order valence-electron chi connectivity index (χ4n) is 5.37. The van der Waals surface area contributed by atoms with Gasteiger partial charge >= 0.3 is 11.9 Å². The maximum Gasteiger partial charge on any atom is 0.332 e. The van der Waals surface area contributed by atoms with Crippen LogP contribution in [0.5, 0.6) is 0 Å². The van der Waals surface area contributed by atoms with Crippen LogP contribution in [0.4, 0.5) is 0 Å². The van der Waals surface area contributed by atoms with Gasteiger partial charge in [-0.15, -0.1) is 0 Å². The van der Waals surface area contributed by atoms with E-state index in [1.54, 1.807) is 6.92 Å². The van der Waals surface area contributed by atoms with E-state index >= 15 is 0 Å². The summed E-state index contributed by atoms with van der Waals surface area (Å²) in [4.78, 5) is 22.8. The van der Waals surface area contributed by atoms with E-state index in [1.165, 1.54) is 13.3 Å². The van der Waals surface area contributed by atoms with E-state index in [9.17, 15) is 9.59 Å². The number of esters is 2. The van der Waals surface area contributed by atoms with Gasteiger partial charge in [-0.05, 0) is 57.3 Å². The van der Waals surface area contributed by atoms with Gasteiger partial charge in [0.1, 0.15) is 6.61 Å². The van der Waals surface area contributed by atoms with Crippen LogP contribution in [0.1, 0.15) is 52.4 Å². The van der Waals surface area contributed by atoms with E-state index in [0.717, 1.165) is 32.1 Å². The monoisotopic (exact) mass is 310 g/mol. The molecule has 2 unspecified atom stereocenters. The maximum atomic E-state index is 11.6. The van der Waals surface area contributed by atoms with Crippen molar-refractivity contribution < 1.29 is 23.8 Å². The standard InChI is InChI=1S/C17H26O5/c1-3-20-15(19)9-22-17-7-13-4-14(8-17)6-16(5-13,10-17)11-21-12(2)18/h13-14H,3-11H2,1-2H3. The minimum atomic E-state index is -0.285. The van der Waals surface area contributed by atoms with Gasteiger partial charge in [0.15, 0.2) is 0 Å². The smallest absolute Gasteiger partial charge is 0.332 e. The van der Waals surface area contributed by atoms with Crippen molar-refractivity contribution in [1.82, 2.24) is 0 Å². The summed E-state index contributed by atoms with van der Waals surface area (Å²) in [7, 11) is 0. The third-order valence-corrected chi connectivity index (χ3v) is 5.51. The minimum absolute atomic E-state index is 0.0386. The Bertz CT molecular complexity index is 444. The molecule has 0 spiro atoms. The molecule has 0 N–H and O–H groups in total. The molecule has 5 nitrogen and oxygen atoms in total. The van der Waals surface area contributed by atoms with Crippen LogP contribution in [0, 0.1) is 17.3 Å². The SMILES string of the molecule is CCOC(=O)COC12CC3CC(CC(COC(C)=O)(C3)C1)C2. The molecule has 0 aromatic rings. The molecule has 5 heteroatoms. The topological polar surface area (TPSA) is 61.8 Å². The molecular formula is C17H26O5. The van der Waals surface area contributed by atoms with Gasteiger partial charge in [-0.3, -0.25) is 4.79 Å². The zero-order valence-corrected chi connectivity index (χ0v) is 13.6. The Kier molecular flexibility index (Phi) is 4.19. The first-order chi connectivity index (χ1) is 10.4. The second-order valence-corrected chi connectivity index (χ2v) is 7.52. The van der Waals surface area contributed by atoms with E-state index in [-0.39, 0.29) is 29.6 Å². The highest BCUT2D eigenvalue weighted by Gasteiger charge is 2.58. The average molecular weight is 310 g/mol. The Morgan fingerprint density at radius 1 is 1.09 bits per heavy atom. The largest absolute Gasteiger partial charge is 0.465 e. The molecule has 0 saturated heterocycles. The van der Waals surface area contributed by atoms with Crippen molar-refractivity contribution in [3.63, 3.8) is 0 Å². The average Bonchev–Trinajstić information content (AvgIpc) is 2.42. The van der Waals surface area contributed by atoms with Crippen LogP contribution in [0.25, 0.3) is 0 Å². The van der Waals surface area contributed by atoms with Crippen LogP contribution in [0.2, 0.25) is 0 Å². The molecule has 22 heavy (non-hydrogen) atoms. The molecule has 4 aliphatic rings. The zero-order chi connectivity index (χ0) is 15.8. The Hall–Kier alpha value is -1.10. The van der Waals surface area contributed by atoms with Crippen molar-refractivity contribution in [2.45, 2.75) is 58.0 Å². The summed E-state index contributed by atoms with van der Waals surface area (Å²) in [5.74, 6) is 0.780. The van der Waals surface area contributed by atoms with E-state index < -0.39 is 0 Å². The highest BCUT2D eigenvalue weighted by atomic mass is 16.6. The first-order valence-corrected chi connectivity index (χ1v) is 8.37. The lowest BCUT2D eigenvalue weighted by atomic mass is 9.48. The molecule has 0 aromatic heterocycles. The van der Waals surface area contributed by atoms with Gasteiger partial charge in [-0.1, -0.05) is 0 Å². The van der Waals surface area contributed by atoms with Crippen molar-refractivity contribution in [1.29, 1.82) is 0 Å². The van der Waals surface area contributed by atoms with Crippen LogP contribution in [-0.4, -0.2) is 37.4 Å². The quantitative estimate of drug-likeness (QED) is 0.705. The van der Waals surface area contributed by atoms with Crippen LogP contribution >= 0.6 is 0 Å². The van der Waals surface area contributed by atoms with Gasteiger partial charge < -0.3 is 14.2 Å². The van der Waals surface area contributed by atoms with E-state index in [0.29, 0.717) is 25.0 Å². The number of ether oxygens (including phenoxy) is 3. The number of hydrogen-bond acceptors (Lipinski definition) is 5. The Balaban J connectivity index is 1.67. The normalized spacial score (nSPS) is 38.8. The van der Waals surface area contributed by atoms with Crippen molar-refractivity contribution in [3.8, 4) is 0 Å². The maximum absolute atomic E-state index is 11.6. The fourth-order valence-corrected chi connectivity index (χ4v) is 5.37. The lowest BCUT2D eigenvalue weighted by Crippen LogP contribution is -2.58. The molecule has 4 fully saturated rings. The van der Waals surface area contributed by atoms with Crippen LogP contribution < -0.4 is 0 Å². The fraction of sp³-hybridized carbons (Fsp3) is 0.882. The molecule has 0 aliphatic heterocycles. The summed E-state index contributed by atoms with van der Waals surface area (Å²) >= 11 is 0. The van der Waals surface area contributed by atoms with Gasteiger partial charge in [0.2, 0.25) is 0 Å². The van der Waals surface area contributed by atoms with Crippen molar-refractivity contribution in [2.75, 3.05) is 19.8 Å². The highest BCUT2D eigenvalue weighted by molar-refractivity contribution is 5.70. The number of rotatable bonds is 6. The molecule has 4 aliphatic carbocycles. The van der Waals surface area contributed by atoms with Crippen molar-refractivity contribution >= 4 is 11.9 Å². The van der Waals surface area contributed by atoms with E-state index in [1.807, 2.05) is 0 Å². The van der Waals surface area contributed by atoms with Gasteiger partial charge in [0, 0.05) is 12.3 Å². The number of carbonyl (C=O) groups is 2. The van der Waals surface area contributed by atoms with Gasteiger partial charge in [0.25, 0.3) is 0 Å². The second kappa shape index (κ2) is 5.84. The van der Waals surface area contributed by atoms with Gasteiger partial charge in [0.05, 0.1) is 18.8 Å². The van der Waals surface area contributed by atoms with E-state index in [2.05, 4.69) is 0 Å². The molecule has 0 heterocycles. The lowest BCUT2D eigenvalue weighted by molar-refractivity contribution is -0.211. The predicted molar refractivity (Wildman–Crippen MR) is 79.1 cm³/mol. The van der Waals surface area contributed by atoms with Gasteiger partial charge in [-0.25, -0.2) is 4.79 Å². The molecule has 4 rings (SSSR count). The zero-order valence-electron chi connectivity index (χ0n) is 13.6. The Morgan fingerprint density at radius 3 is 2.36 bits per heavy atom. The first kappa shape index (κ1) is 15.8. The molecular weight excluding hydrogens is 284 g/mol. The predicted octanol–water partition coefficient (Wildman–Crippen LogP) is 2.47. The van der Waals surface area contributed by atoms with Crippen molar-refractivity contribution in [2.24, 2.45) is 17.3 Å². The molecule has 4 bridgehead atoms. The summed E-state index contributed by atoms with van der Waals surface area (Å²) in [5.41, 5.74) is -0.151. The third kappa shape index (κ3) is 3.14. The molecule has 4 saturated carbocycles. The first-order valence-electron chi connectivity index (χ1n) is 8.37. The summed E-state index contributed by atoms with van der Waals surface area (Å²) in [6.45, 7) is 4.19. The minimum Gasteiger partial charge on any atom is -0.465 e. The molecule has 124 valence electrons. The molecule has 0 radical (unpaired) electrons. The number of carbonyl (C=O) groups excluding carboxylic acids is 2. The molecule has 0 aromatic carbocycles. The number of hydrogen-bond donors (Lipinski definition) is 0. The Labute approximate surface area is 131 Å². The van der Waals surface area contributed by atoms with Crippen LogP contribution in [0.15, 0.2) is 0 Å². The summed E-state index contributed by atoms with van der Waals surface area (Å²) in [5, 5.41) is 0. The van der Waals surface area contributed by atoms with Crippen LogP contribution in [0.3, 0.4) is 0 Å². The Morgan fingerprint density at radius 2 is 1.77 bits per heavy atom. The molecule has 0 amide bonds.